The fourth-order valence-electron chi connectivity index (χ4n) is 3.18. The first-order valence-corrected chi connectivity index (χ1v) is 9.85. The largest absolute Gasteiger partial charge is 0.333 e. The summed E-state index contributed by atoms with van der Waals surface area (Å²) in [7, 11) is 0. The second-order valence-corrected chi connectivity index (χ2v) is 7.79. The summed E-state index contributed by atoms with van der Waals surface area (Å²) >= 11 is 1.62. The molecule has 26 heavy (non-hydrogen) atoms. The van der Waals surface area contributed by atoms with Gasteiger partial charge in [-0.25, -0.2) is 4.79 Å². The average molecular weight is 372 g/mol. The van der Waals surface area contributed by atoms with Gasteiger partial charge in [0.2, 0.25) is 5.91 Å². The topological polar surface area (TPSA) is 61.4 Å². The quantitative estimate of drug-likeness (QED) is 0.855. The standard InChI is InChI=1S/C20H25N3O2S/c1-14-6-3-9-18(15(14)2)22-19(24)16-7-4-10-23(13-16)20(25)21-12-17-8-5-11-26-17/h3,5-6,8-9,11,16H,4,7,10,12-13H2,1-2H3,(H,21,25)(H,22,24). The van der Waals surface area contributed by atoms with Gasteiger partial charge in [0, 0.05) is 23.7 Å². The van der Waals surface area contributed by atoms with Gasteiger partial charge < -0.3 is 15.5 Å². The Hall–Kier alpha value is -2.34. The van der Waals surface area contributed by atoms with E-state index in [0.29, 0.717) is 19.6 Å². The Balaban J connectivity index is 1.56. The smallest absolute Gasteiger partial charge is 0.317 e. The number of hydrogen-bond acceptors (Lipinski definition) is 3. The number of nitrogens with one attached hydrogen (secondary N) is 2. The van der Waals surface area contributed by atoms with Gasteiger partial charge in [-0.3, -0.25) is 4.79 Å². The highest BCUT2D eigenvalue weighted by atomic mass is 32.1. The molecule has 1 atom stereocenters. The van der Waals surface area contributed by atoms with Gasteiger partial charge in [-0.1, -0.05) is 18.2 Å². The van der Waals surface area contributed by atoms with Crippen LogP contribution in [0.4, 0.5) is 10.5 Å². The molecule has 1 aromatic heterocycles. The molecule has 0 aliphatic carbocycles. The lowest BCUT2D eigenvalue weighted by atomic mass is 9.97. The van der Waals surface area contributed by atoms with Crippen molar-refractivity contribution < 1.29 is 9.59 Å². The van der Waals surface area contributed by atoms with E-state index < -0.39 is 0 Å². The molecule has 5 nitrogen and oxygen atoms in total. The average Bonchev–Trinajstić information content (AvgIpc) is 3.17. The highest BCUT2D eigenvalue weighted by Gasteiger charge is 2.28. The second kappa shape index (κ2) is 8.36. The summed E-state index contributed by atoms with van der Waals surface area (Å²) in [5.74, 6) is -0.175. The number of hydrogen-bond donors (Lipinski definition) is 2. The predicted molar refractivity (Wildman–Crippen MR) is 105 cm³/mol. The molecule has 1 aliphatic heterocycles. The van der Waals surface area contributed by atoms with Gasteiger partial charge in [-0.15, -0.1) is 11.3 Å². The fraction of sp³-hybridized carbons (Fsp3) is 0.400. The van der Waals surface area contributed by atoms with Gasteiger partial charge in [-0.05, 0) is 55.3 Å². The second-order valence-electron chi connectivity index (χ2n) is 6.76. The van der Waals surface area contributed by atoms with Crippen LogP contribution in [0.15, 0.2) is 35.7 Å². The third-order valence-corrected chi connectivity index (χ3v) is 5.81. The van der Waals surface area contributed by atoms with Gasteiger partial charge in [0.1, 0.15) is 0 Å². The van der Waals surface area contributed by atoms with Crippen LogP contribution < -0.4 is 10.6 Å². The normalized spacial score (nSPS) is 17.0. The third-order valence-electron chi connectivity index (χ3n) is 4.94. The monoisotopic (exact) mass is 371 g/mol. The number of carbonyl (C=O) groups excluding carboxylic acids is 2. The number of aryl methyl sites for hydroxylation is 1. The van der Waals surface area contributed by atoms with Crippen LogP contribution in [0.5, 0.6) is 0 Å². The zero-order valence-electron chi connectivity index (χ0n) is 15.2. The van der Waals surface area contributed by atoms with Crippen molar-refractivity contribution >= 4 is 29.0 Å². The van der Waals surface area contributed by atoms with E-state index in [0.717, 1.165) is 34.5 Å². The number of benzene rings is 1. The van der Waals surface area contributed by atoms with E-state index in [-0.39, 0.29) is 17.9 Å². The summed E-state index contributed by atoms with van der Waals surface area (Å²) < 4.78 is 0. The molecule has 2 heterocycles. The molecule has 2 aromatic rings. The first-order chi connectivity index (χ1) is 12.5. The van der Waals surface area contributed by atoms with Crippen LogP contribution in [0.1, 0.15) is 28.8 Å². The van der Waals surface area contributed by atoms with Gasteiger partial charge in [0.25, 0.3) is 0 Å². The van der Waals surface area contributed by atoms with Gasteiger partial charge >= 0.3 is 6.03 Å². The van der Waals surface area contributed by atoms with Crippen LogP contribution in [0.3, 0.4) is 0 Å². The summed E-state index contributed by atoms with van der Waals surface area (Å²) in [4.78, 5) is 28.0. The summed E-state index contributed by atoms with van der Waals surface area (Å²) in [5.41, 5.74) is 3.09. The van der Waals surface area contributed by atoms with E-state index in [1.807, 2.05) is 49.6 Å². The minimum atomic E-state index is -0.170. The Kier molecular flexibility index (Phi) is 5.93. The Labute approximate surface area is 158 Å². The lowest BCUT2D eigenvalue weighted by Crippen LogP contribution is -2.47. The Morgan fingerprint density at radius 3 is 2.85 bits per heavy atom. The highest BCUT2D eigenvalue weighted by molar-refractivity contribution is 7.09. The van der Waals surface area contributed by atoms with Crippen LogP contribution in [0.25, 0.3) is 0 Å². The van der Waals surface area contributed by atoms with Gasteiger partial charge in [0.15, 0.2) is 0 Å². The number of carbonyl (C=O) groups is 2. The predicted octanol–water partition coefficient (Wildman–Crippen LogP) is 3.93. The summed E-state index contributed by atoms with van der Waals surface area (Å²) in [6.45, 7) is 5.74. The molecule has 1 aromatic carbocycles. The molecule has 2 N–H and O–H groups in total. The number of anilines is 1. The molecule has 1 saturated heterocycles. The molecule has 3 rings (SSSR count). The van der Waals surface area contributed by atoms with E-state index in [1.165, 1.54) is 0 Å². The fourth-order valence-corrected chi connectivity index (χ4v) is 3.83. The lowest BCUT2D eigenvalue weighted by Gasteiger charge is -2.32. The molecule has 6 heteroatoms. The van der Waals surface area contributed by atoms with Crippen molar-refractivity contribution in [2.45, 2.75) is 33.2 Å². The minimum Gasteiger partial charge on any atom is -0.333 e. The van der Waals surface area contributed by atoms with Crippen molar-refractivity contribution in [2.75, 3.05) is 18.4 Å². The molecular formula is C20H25N3O2S. The molecule has 1 unspecified atom stereocenters. The van der Waals surface area contributed by atoms with E-state index in [4.69, 9.17) is 0 Å². The molecule has 1 aliphatic rings. The number of thiophene rings is 1. The van der Waals surface area contributed by atoms with Crippen molar-refractivity contribution in [3.63, 3.8) is 0 Å². The zero-order valence-corrected chi connectivity index (χ0v) is 16.1. The first kappa shape index (κ1) is 18.5. The van der Waals surface area contributed by atoms with Crippen molar-refractivity contribution in [1.29, 1.82) is 0 Å². The SMILES string of the molecule is Cc1cccc(NC(=O)C2CCCN(C(=O)NCc3cccs3)C2)c1C. The van der Waals surface area contributed by atoms with Crippen molar-refractivity contribution in [3.8, 4) is 0 Å². The number of amides is 3. The summed E-state index contributed by atoms with van der Waals surface area (Å²) in [6.07, 6.45) is 1.66. The first-order valence-electron chi connectivity index (χ1n) is 8.97. The van der Waals surface area contributed by atoms with E-state index >= 15 is 0 Å². The maximum absolute atomic E-state index is 12.7. The van der Waals surface area contributed by atoms with Crippen molar-refractivity contribution in [1.82, 2.24) is 10.2 Å². The maximum atomic E-state index is 12.7. The Bertz CT molecular complexity index is 773. The maximum Gasteiger partial charge on any atom is 0.317 e. The number of piperidine rings is 1. The van der Waals surface area contributed by atoms with Crippen LogP contribution in [0, 0.1) is 19.8 Å². The molecule has 0 radical (unpaired) electrons. The minimum absolute atomic E-state index is 0.00513. The zero-order chi connectivity index (χ0) is 18.5. The number of rotatable bonds is 4. The number of nitrogens with zero attached hydrogens (tertiary/aromatic N) is 1. The van der Waals surface area contributed by atoms with E-state index in [1.54, 1.807) is 16.2 Å². The molecule has 1 fully saturated rings. The Morgan fingerprint density at radius 2 is 2.08 bits per heavy atom. The van der Waals surface area contributed by atoms with Crippen molar-refractivity contribution in [2.24, 2.45) is 5.92 Å². The molecule has 0 bridgehead atoms. The lowest BCUT2D eigenvalue weighted by molar-refractivity contribution is -0.121. The van der Waals surface area contributed by atoms with Gasteiger partial charge in [-0.2, -0.15) is 0 Å². The van der Waals surface area contributed by atoms with E-state index in [9.17, 15) is 9.59 Å². The number of urea groups is 1. The molecule has 138 valence electrons. The molecular weight excluding hydrogens is 346 g/mol. The summed E-state index contributed by atoms with van der Waals surface area (Å²) in [5, 5.41) is 7.98. The van der Waals surface area contributed by atoms with Crippen LogP contribution >= 0.6 is 11.3 Å². The molecule has 3 amide bonds. The molecule has 0 spiro atoms. The third kappa shape index (κ3) is 4.43. The highest BCUT2D eigenvalue weighted by Crippen LogP contribution is 2.22. The molecule has 0 saturated carbocycles. The number of likely N-dealkylation sites (tertiary alicyclic amines) is 1. The van der Waals surface area contributed by atoms with Crippen LogP contribution in [-0.2, 0) is 11.3 Å². The van der Waals surface area contributed by atoms with Crippen molar-refractivity contribution in [3.05, 3.63) is 51.7 Å². The van der Waals surface area contributed by atoms with E-state index in [2.05, 4.69) is 10.6 Å². The summed E-state index contributed by atoms with van der Waals surface area (Å²) in [6, 6.07) is 9.79. The van der Waals surface area contributed by atoms with Gasteiger partial charge in [0.05, 0.1) is 12.5 Å². The Morgan fingerprint density at radius 1 is 1.23 bits per heavy atom. The van der Waals surface area contributed by atoms with Crippen LogP contribution in [0.2, 0.25) is 0 Å². The van der Waals surface area contributed by atoms with Crippen LogP contribution in [-0.4, -0.2) is 29.9 Å².